The van der Waals surface area contributed by atoms with Crippen molar-refractivity contribution >= 4 is 11.8 Å². The maximum absolute atomic E-state index is 9.40. The lowest BCUT2D eigenvalue weighted by Gasteiger charge is -2.25. The average molecular weight is 239 g/mol. The van der Waals surface area contributed by atoms with Gasteiger partial charge in [-0.25, -0.2) is 0 Å². The number of hydrogen-bond acceptors (Lipinski definition) is 3. The van der Waals surface area contributed by atoms with E-state index in [9.17, 15) is 5.11 Å². The Balaban J connectivity index is 2.74. The summed E-state index contributed by atoms with van der Waals surface area (Å²) < 4.78 is 0. The zero-order valence-electron chi connectivity index (χ0n) is 10.2. The van der Waals surface area contributed by atoms with Gasteiger partial charge < -0.3 is 10.8 Å². The summed E-state index contributed by atoms with van der Waals surface area (Å²) in [5, 5.41) is 9.47. The molecule has 0 aliphatic heterocycles. The molecule has 0 saturated heterocycles. The molecule has 3 N–H and O–H groups in total. The quantitative estimate of drug-likeness (QED) is 0.776. The molecule has 1 aromatic rings. The molecule has 0 fully saturated rings. The van der Waals surface area contributed by atoms with Gasteiger partial charge in [0.2, 0.25) is 0 Å². The summed E-state index contributed by atoms with van der Waals surface area (Å²) in [5.41, 5.74) is 7.33. The lowest BCUT2D eigenvalue weighted by Crippen LogP contribution is -2.39. The van der Waals surface area contributed by atoms with Crippen LogP contribution in [0.2, 0.25) is 0 Å². The van der Waals surface area contributed by atoms with Gasteiger partial charge in [-0.15, -0.1) is 11.8 Å². The smallest absolute Gasteiger partial charge is 0.0568 e. The molecule has 16 heavy (non-hydrogen) atoms. The standard InChI is InChI=1S/C13H21NOS/c1-9(2)13(14)12(8-15)16-11-7-5-4-6-10(11)3/h4-7,9,12-13,15H,8,14H2,1-3H3. The van der Waals surface area contributed by atoms with Gasteiger partial charge in [-0.3, -0.25) is 0 Å². The molecular formula is C13H21NOS. The first-order chi connectivity index (χ1) is 7.56. The third kappa shape index (κ3) is 3.51. The highest BCUT2D eigenvalue weighted by Gasteiger charge is 2.21. The van der Waals surface area contributed by atoms with Crippen LogP contribution in [0.1, 0.15) is 19.4 Å². The maximum Gasteiger partial charge on any atom is 0.0568 e. The van der Waals surface area contributed by atoms with E-state index in [-0.39, 0.29) is 17.9 Å². The molecule has 0 heterocycles. The first kappa shape index (κ1) is 13.6. The molecule has 3 heteroatoms. The summed E-state index contributed by atoms with van der Waals surface area (Å²) in [4.78, 5) is 1.21. The predicted octanol–water partition coefficient (Wildman–Crippen LogP) is 2.43. The van der Waals surface area contributed by atoms with Crippen LogP contribution in [0.5, 0.6) is 0 Å². The van der Waals surface area contributed by atoms with E-state index in [4.69, 9.17) is 5.73 Å². The van der Waals surface area contributed by atoms with E-state index in [1.165, 1.54) is 10.5 Å². The van der Waals surface area contributed by atoms with Crippen molar-refractivity contribution in [2.75, 3.05) is 6.61 Å². The molecule has 0 radical (unpaired) electrons. The highest BCUT2D eigenvalue weighted by molar-refractivity contribution is 8.00. The highest BCUT2D eigenvalue weighted by Crippen LogP contribution is 2.29. The SMILES string of the molecule is Cc1ccccc1SC(CO)C(N)C(C)C. The second-order valence-corrected chi connectivity index (χ2v) is 5.71. The van der Waals surface area contributed by atoms with E-state index in [0.717, 1.165) is 0 Å². The molecule has 90 valence electrons. The average Bonchev–Trinajstić information content (AvgIpc) is 2.27. The van der Waals surface area contributed by atoms with Crippen molar-refractivity contribution in [3.63, 3.8) is 0 Å². The van der Waals surface area contributed by atoms with Gasteiger partial charge in [0, 0.05) is 16.2 Å². The molecule has 0 bridgehead atoms. The van der Waals surface area contributed by atoms with Crippen LogP contribution < -0.4 is 5.73 Å². The third-order valence-corrected chi connectivity index (χ3v) is 4.23. The lowest BCUT2D eigenvalue weighted by atomic mass is 10.0. The molecule has 2 nitrogen and oxygen atoms in total. The van der Waals surface area contributed by atoms with Gasteiger partial charge in [-0.1, -0.05) is 32.0 Å². The Morgan fingerprint density at radius 2 is 1.94 bits per heavy atom. The fraction of sp³-hybridized carbons (Fsp3) is 0.538. The van der Waals surface area contributed by atoms with Gasteiger partial charge in [0.15, 0.2) is 0 Å². The molecule has 2 atom stereocenters. The first-order valence-electron chi connectivity index (χ1n) is 5.65. The van der Waals surface area contributed by atoms with Gasteiger partial charge >= 0.3 is 0 Å². The summed E-state index contributed by atoms with van der Waals surface area (Å²) in [6, 6.07) is 8.22. The minimum absolute atomic E-state index is 0.0228. The number of benzene rings is 1. The van der Waals surface area contributed by atoms with E-state index < -0.39 is 0 Å². The Kier molecular flexibility index (Phi) is 5.32. The molecule has 0 aliphatic carbocycles. The van der Waals surface area contributed by atoms with Crippen molar-refractivity contribution < 1.29 is 5.11 Å². The van der Waals surface area contributed by atoms with Gasteiger partial charge in [0.05, 0.1) is 6.61 Å². The Bertz CT molecular complexity index is 327. The molecule has 0 amide bonds. The second kappa shape index (κ2) is 6.28. The fourth-order valence-corrected chi connectivity index (χ4v) is 2.80. The number of aliphatic hydroxyl groups excluding tert-OH is 1. The van der Waals surface area contributed by atoms with E-state index in [0.29, 0.717) is 5.92 Å². The maximum atomic E-state index is 9.40. The minimum atomic E-state index is 0.0228. The molecule has 1 aromatic carbocycles. The van der Waals surface area contributed by atoms with Crippen molar-refractivity contribution in [2.45, 2.75) is 37.0 Å². The van der Waals surface area contributed by atoms with Crippen LogP contribution in [0, 0.1) is 12.8 Å². The van der Waals surface area contributed by atoms with Crippen LogP contribution in [0.15, 0.2) is 29.2 Å². The van der Waals surface area contributed by atoms with E-state index >= 15 is 0 Å². The normalized spacial score (nSPS) is 15.1. The number of thioether (sulfide) groups is 1. The first-order valence-corrected chi connectivity index (χ1v) is 6.53. The van der Waals surface area contributed by atoms with E-state index in [1.54, 1.807) is 11.8 Å². The fourth-order valence-electron chi connectivity index (χ4n) is 1.52. The van der Waals surface area contributed by atoms with Crippen LogP contribution >= 0.6 is 11.8 Å². The zero-order valence-corrected chi connectivity index (χ0v) is 11.0. The van der Waals surface area contributed by atoms with Crippen LogP contribution in [0.25, 0.3) is 0 Å². The summed E-state index contributed by atoms with van der Waals surface area (Å²) >= 11 is 1.68. The number of nitrogens with two attached hydrogens (primary N) is 1. The Morgan fingerprint density at radius 1 is 1.31 bits per heavy atom. The Labute approximate surface area is 102 Å². The topological polar surface area (TPSA) is 46.2 Å². The minimum Gasteiger partial charge on any atom is -0.395 e. The molecule has 0 spiro atoms. The summed E-state index contributed by atoms with van der Waals surface area (Å²) in [6.07, 6.45) is 0. The monoisotopic (exact) mass is 239 g/mol. The third-order valence-electron chi connectivity index (χ3n) is 2.75. The number of hydrogen-bond donors (Lipinski definition) is 2. The molecule has 0 aromatic heterocycles. The molecule has 0 saturated carbocycles. The van der Waals surface area contributed by atoms with Crippen molar-refractivity contribution in [2.24, 2.45) is 11.7 Å². The van der Waals surface area contributed by atoms with Crippen LogP contribution in [-0.2, 0) is 0 Å². The van der Waals surface area contributed by atoms with Crippen molar-refractivity contribution in [3.8, 4) is 0 Å². The van der Waals surface area contributed by atoms with Crippen molar-refractivity contribution in [1.82, 2.24) is 0 Å². The number of rotatable bonds is 5. The van der Waals surface area contributed by atoms with Crippen LogP contribution in [0.3, 0.4) is 0 Å². The summed E-state index contributed by atoms with van der Waals surface area (Å²) in [5.74, 6) is 0.383. The molecule has 2 unspecified atom stereocenters. The van der Waals surface area contributed by atoms with Gasteiger partial charge in [0.1, 0.15) is 0 Å². The number of aryl methyl sites for hydroxylation is 1. The zero-order chi connectivity index (χ0) is 12.1. The van der Waals surface area contributed by atoms with Crippen LogP contribution in [-0.4, -0.2) is 23.0 Å². The largest absolute Gasteiger partial charge is 0.395 e. The Hall–Kier alpha value is -0.510. The predicted molar refractivity (Wildman–Crippen MR) is 70.7 cm³/mol. The molecular weight excluding hydrogens is 218 g/mol. The molecule has 0 aliphatic rings. The summed E-state index contributed by atoms with van der Waals surface area (Å²) in [6.45, 7) is 6.38. The van der Waals surface area contributed by atoms with Crippen molar-refractivity contribution in [1.29, 1.82) is 0 Å². The second-order valence-electron chi connectivity index (χ2n) is 4.43. The Morgan fingerprint density at radius 3 is 2.44 bits per heavy atom. The highest BCUT2D eigenvalue weighted by atomic mass is 32.2. The van der Waals surface area contributed by atoms with E-state index in [1.807, 2.05) is 12.1 Å². The van der Waals surface area contributed by atoms with Gasteiger partial charge in [0.25, 0.3) is 0 Å². The van der Waals surface area contributed by atoms with Gasteiger partial charge in [-0.05, 0) is 24.5 Å². The number of aliphatic hydroxyl groups is 1. The van der Waals surface area contributed by atoms with E-state index in [2.05, 4.69) is 32.9 Å². The lowest BCUT2D eigenvalue weighted by molar-refractivity contribution is 0.269. The van der Waals surface area contributed by atoms with Crippen molar-refractivity contribution in [3.05, 3.63) is 29.8 Å². The summed E-state index contributed by atoms with van der Waals surface area (Å²) in [7, 11) is 0. The molecule has 1 rings (SSSR count). The van der Waals surface area contributed by atoms with Crippen LogP contribution in [0.4, 0.5) is 0 Å². The van der Waals surface area contributed by atoms with Gasteiger partial charge in [-0.2, -0.15) is 0 Å².